The molecule has 1 heterocycles. The molecule has 0 N–H and O–H groups in total. The molecule has 5 nitrogen and oxygen atoms in total. The third-order valence-electron chi connectivity index (χ3n) is 4.85. The van der Waals surface area contributed by atoms with E-state index < -0.39 is 5.97 Å². The van der Waals surface area contributed by atoms with Crippen molar-refractivity contribution in [2.75, 3.05) is 0 Å². The van der Waals surface area contributed by atoms with E-state index >= 15 is 0 Å². The molecule has 0 aromatic heterocycles. The Morgan fingerprint density at radius 2 is 1.54 bits per heavy atom. The van der Waals surface area contributed by atoms with Crippen LogP contribution in [0.5, 0.6) is 0 Å². The van der Waals surface area contributed by atoms with Crippen molar-refractivity contribution in [2.45, 2.75) is 6.42 Å². The highest BCUT2D eigenvalue weighted by atomic mass is 127. The van der Waals surface area contributed by atoms with Gasteiger partial charge in [0.05, 0.1) is 17.4 Å². The molecule has 8 heteroatoms. The predicted octanol–water partition coefficient (Wildman–Crippen LogP) is 3.38. The Morgan fingerprint density at radius 1 is 1.00 bits per heavy atom. The van der Waals surface area contributed by atoms with E-state index in [1.54, 1.807) is 0 Å². The summed E-state index contributed by atoms with van der Waals surface area (Å²) < 4.78 is 2.40. The number of rotatable bonds is 2. The summed E-state index contributed by atoms with van der Waals surface area (Å²) in [6.45, 7) is 0. The molecule has 4 rings (SSSR count). The molecule has 2 bridgehead atoms. The van der Waals surface area contributed by atoms with Crippen molar-refractivity contribution < 1.29 is 19.2 Å². The summed E-state index contributed by atoms with van der Waals surface area (Å²) in [6.07, 6.45) is 4.86. The van der Waals surface area contributed by atoms with Gasteiger partial charge in [-0.1, -0.05) is 12.2 Å². The van der Waals surface area contributed by atoms with E-state index in [1.807, 2.05) is 24.3 Å². The van der Waals surface area contributed by atoms with Crippen molar-refractivity contribution in [1.29, 1.82) is 0 Å². The number of benzene rings is 1. The lowest BCUT2D eigenvalue weighted by Crippen LogP contribution is -2.35. The minimum atomic E-state index is -0.663. The van der Waals surface area contributed by atoms with Crippen molar-refractivity contribution in [1.82, 2.24) is 5.06 Å². The van der Waals surface area contributed by atoms with Crippen LogP contribution in [0.15, 0.2) is 24.3 Å². The third kappa shape index (κ3) is 2.46. The van der Waals surface area contributed by atoms with E-state index in [9.17, 15) is 14.4 Å². The second-order valence-corrected chi connectivity index (χ2v) is 9.47. The summed E-state index contributed by atoms with van der Waals surface area (Å²) >= 11 is 6.26. The number of nitrogens with zero attached hydrogens (tertiary/aromatic N) is 1. The van der Waals surface area contributed by atoms with Gasteiger partial charge >= 0.3 is 5.97 Å². The Morgan fingerprint density at radius 3 is 2.12 bits per heavy atom. The van der Waals surface area contributed by atoms with Gasteiger partial charge in [-0.2, -0.15) is 0 Å². The molecule has 4 atom stereocenters. The van der Waals surface area contributed by atoms with Gasteiger partial charge in [-0.3, -0.25) is 9.59 Å². The van der Waals surface area contributed by atoms with Crippen molar-refractivity contribution >= 4 is 85.6 Å². The molecule has 2 aliphatic carbocycles. The number of hydrogen-bond donors (Lipinski definition) is 0. The first-order chi connectivity index (χ1) is 11.4. The van der Waals surface area contributed by atoms with Crippen molar-refractivity contribution in [2.24, 2.45) is 23.7 Å². The zero-order chi connectivity index (χ0) is 17.2. The van der Waals surface area contributed by atoms with Gasteiger partial charge in [0.2, 0.25) is 0 Å². The van der Waals surface area contributed by atoms with Gasteiger partial charge in [0.15, 0.2) is 0 Å². The number of allylic oxidation sites excluding steroid dienone is 2. The molecule has 24 heavy (non-hydrogen) atoms. The summed E-state index contributed by atoms with van der Waals surface area (Å²) in [5, 5.41) is 0.704. The molecule has 0 spiro atoms. The molecule has 1 aliphatic heterocycles. The minimum Gasteiger partial charge on any atom is -0.325 e. The zero-order valence-electron chi connectivity index (χ0n) is 12.0. The first-order valence-corrected chi connectivity index (χ1v) is 10.6. The summed E-state index contributed by atoms with van der Waals surface area (Å²) in [4.78, 5) is 43.0. The van der Waals surface area contributed by atoms with Gasteiger partial charge in [0.1, 0.15) is 0 Å². The molecule has 1 aromatic carbocycles. The monoisotopic (exact) mass is 661 g/mol. The second-order valence-electron chi connectivity index (χ2n) is 6.07. The van der Waals surface area contributed by atoms with Gasteiger partial charge in [-0.25, -0.2) is 4.79 Å². The number of imide groups is 1. The number of fused-ring (bicyclic) bond motifs is 5. The number of halogens is 3. The fourth-order valence-electron chi connectivity index (χ4n) is 3.81. The maximum absolute atomic E-state index is 12.6. The smallest absolute Gasteiger partial charge is 0.325 e. The Hall–Kier alpha value is -0.240. The van der Waals surface area contributed by atoms with Gasteiger partial charge in [0, 0.05) is 10.7 Å². The zero-order valence-corrected chi connectivity index (χ0v) is 18.5. The molecule has 0 radical (unpaired) electrons. The van der Waals surface area contributed by atoms with E-state index in [0.29, 0.717) is 10.6 Å². The molecule has 1 saturated carbocycles. The Labute approximate surface area is 178 Å². The predicted molar refractivity (Wildman–Crippen MR) is 110 cm³/mol. The molecular weight excluding hydrogens is 651 g/mol. The molecular formula is C16H10I3NO4. The highest BCUT2D eigenvalue weighted by molar-refractivity contribution is 14.1. The quantitative estimate of drug-likeness (QED) is 0.211. The summed E-state index contributed by atoms with van der Waals surface area (Å²) in [5.41, 5.74) is 0.391. The fourth-order valence-corrected chi connectivity index (χ4v) is 6.13. The summed E-state index contributed by atoms with van der Waals surface area (Å²) in [6, 6.07) is 3.72. The maximum Gasteiger partial charge on any atom is 0.366 e. The lowest BCUT2D eigenvalue weighted by atomic mass is 9.85. The van der Waals surface area contributed by atoms with Crippen molar-refractivity contribution in [3.8, 4) is 0 Å². The molecule has 2 fully saturated rings. The Kier molecular flexibility index (Phi) is 4.43. The van der Waals surface area contributed by atoms with Crippen LogP contribution in [0, 0.1) is 34.4 Å². The van der Waals surface area contributed by atoms with E-state index in [1.165, 1.54) is 0 Å². The van der Waals surface area contributed by atoms with E-state index in [2.05, 4.69) is 67.8 Å². The minimum absolute atomic E-state index is 0.0955. The molecule has 3 aliphatic rings. The van der Waals surface area contributed by atoms with E-state index in [-0.39, 0.29) is 35.5 Å². The molecule has 4 unspecified atom stereocenters. The topological polar surface area (TPSA) is 63.7 Å². The Balaban J connectivity index is 1.61. The van der Waals surface area contributed by atoms with E-state index in [4.69, 9.17) is 4.84 Å². The standard InChI is InChI=1S/C16H10I3NO4/c17-8-3-4-9(18)13(19)12(8)16(23)24-20-14(21)10-6-1-2-7(5-6)11(10)15(20)22/h1-4,6-7,10-11H,5H2. The third-order valence-corrected chi connectivity index (χ3v) is 8.80. The molecule has 124 valence electrons. The van der Waals surface area contributed by atoms with Crippen LogP contribution in [0.3, 0.4) is 0 Å². The number of carbonyl (C=O) groups excluding carboxylic acids is 3. The fraction of sp³-hybridized carbons (Fsp3) is 0.312. The van der Waals surface area contributed by atoms with Gasteiger partial charge < -0.3 is 4.84 Å². The SMILES string of the molecule is O=C(ON1C(=O)C2C3C=CC(C3)C2C1=O)c1c(I)ccc(I)c1I. The van der Waals surface area contributed by atoms with Crippen LogP contribution >= 0.6 is 67.8 Å². The highest BCUT2D eigenvalue weighted by Gasteiger charge is 2.60. The van der Waals surface area contributed by atoms with Crippen LogP contribution in [-0.4, -0.2) is 22.8 Å². The van der Waals surface area contributed by atoms with Gasteiger partial charge in [0.25, 0.3) is 11.8 Å². The van der Waals surface area contributed by atoms with Crippen LogP contribution < -0.4 is 0 Å². The number of hydroxylamine groups is 2. The average Bonchev–Trinajstić information content (AvgIpc) is 3.21. The lowest BCUT2D eigenvalue weighted by molar-refractivity contribution is -0.175. The van der Waals surface area contributed by atoms with Crippen LogP contribution in [-0.2, 0) is 14.4 Å². The maximum atomic E-state index is 12.6. The molecule has 1 aromatic rings. The Bertz CT molecular complexity index is 792. The van der Waals surface area contributed by atoms with Gasteiger partial charge in [-0.05, 0) is 98.2 Å². The van der Waals surface area contributed by atoms with Crippen molar-refractivity contribution in [3.05, 3.63) is 40.6 Å². The van der Waals surface area contributed by atoms with Crippen molar-refractivity contribution in [3.63, 3.8) is 0 Å². The summed E-state index contributed by atoms with van der Waals surface area (Å²) in [7, 11) is 0. The first-order valence-electron chi connectivity index (χ1n) is 7.32. The van der Waals surface area contributed by atoms with Gasteiger partial charge in [-0.15, -0.1) is 5.06 Å². The summed E-state index contributed by atoms with van der Waals surface area (Å²) in [5.74, 6) is -1.97. The number of carbonyl (C=O) groups is 3. The van der Waals surface area contributed by atoms with Crippen LogP contribution in [0.2, 0.25) is 0 Å². The largest absolute Gasteiger partial charge is 0.366 e. The highest BCUT2D eigenvalue weighted by Crippen LogP contribution is 2.52. The molecule has 1 saturated heterocycles. The molecule has 2 amide bonds. The number of hydrogen-bond acceptors (Lipinski definition) is 4. The lowest BCUT2D eigenvalue weighted by Gasteiger charge is -2.17. The van der Waals surface area contributed by atoms with Crippen LogP contribution in [0.4, 0.5) is 0 Å². The van der Waals surface area contributed by atoms with Crippen LogP contribution in [0.1, 0.15) is 16.8 Å². The normalized spacial score (nSPS) is 30.2. The first kappa shape index (κ1) is 17.2. The number of amides is 2. The van der Waals surface area contributed by atoms with E-state index in [0.717, 1.165) is 17.1 Å². The second kappa shape index (κ2) is 6.18. The van der Waals surface area contributed by atoms with Crippen LogP contribution in [0.25, 0.3) is 0 Å². The average molecular weight is 661 g/mol.